The van der Waals surface area contributed by atoms with Crippen LogP contribution in [0.5, 0.6) is 0 Å². The summed E-state index contributed by atoms with van der Waals surface area (Å²) < 4.78 is 6.37. The second-order valence-electron chi connectivity index (χ2n) is 6.21. The van der Waals surface area contributed by atoms with E-state index in [1.807, 2.05) is 55.5 Å². The summed E-state index contributed by atoms with van der Waals surface area (Å²) in [6, 6.07) is 15.2. The lowest BCUT2D eigenvalue weighted by atomic mass is 10.2. The average molecular weight is 375 g/mol. The van der Waals surface area contributed by atoms with Crippen molar-refractivity contribution in [2.75, 3.05) is 5.73 Å². The van der Waals surface area contributed by atoms with Crippen LogP contribution in [0.4, 0.5) is 5.82 Å². The fourth-order valence-corrected chi connectivity index (χ4v) is 2.78. The highest BCUT2D eigenvalue weighted by atomic mass is 16.6. The molecule has 0 aliphatic rings. The summed E-state index contributed by atoms with van der Waals surface area (Å²) in [5, 5.41) is 11.4. The van der Waals surface area contributed by atoms with Crippen LogP contribution in [0.2, 0.25) is 0 Å². The lowest BCUT2D eigenvalue weighted by molar-refractivity contribution is -0.121. The molecule has 0 unspecified atom stereocenters. The number of anilines is 1. The van der Waals surface area contributed by atoms with Gasteiger partial charge in [-0.3, -0.25) is 4.79 Å². The molecule has 2 aromatic heterocycles. The van der Waals surface area contributed by atoms with Crippen molar-refractivity contribution in [2.45, 2.75) is 13.5 Å². The summed E-state index contributed by atoms with van der Waals surface area (Å²) in [5.41, 5.74) is 12.1. The Morgan fingerprint density at radius 3 is 2.75 bits per heavy atom. The SMILES string of the molecule is Cc1ccc(/C=N\NC(=O)Cn2c(-c3nonc3N)nc3ccccc32)cc1. The number of nitrogens with one attached hydrogen (secondary N) is 1. The van der Waals surface area contributed by atoms with Gasteiger partial charge in [-0.05, 0) is 34.9 Å². The number of hydrogen-bond acceptors (Lipinski definition) is 7. The smallest absolute Gasteiger partial charge is 0.260 e. The third-order valence-corrected chi connectivity index (χ3v) is 4.16. The molecule has 0 radical (unpaired) electrons. The Hall–Kier alpha value is -4.01. The number of carbonyl (C=O) groups excluding carboxylic acids is 1. The number of imidazole rings is 1. The highest BCUT2D eigenvalue weighted by molar-refractivity contribution is 5.86. The number of hydrazone groups is 1. The molecule has 0 atom stereocenters. The van der Waals surface area contributed by atoms with Gasteiger partial charge in [-0.1, -0.05) is 42.0 Å². The van der Waals surface area contributed by atoms with E-state index in [1.165, 1.54) is 0 Å². The number of aryl methyl sites for hydroxylation is 1. The molecule has 0 fully saturated rings. The second-order valence-corrected chi connectivity index (χ2v) is 6.21. The number of aromatic nitrogens is 4. The van der Waals surface area contributed by atoms with E-state index >= 15 is 0 Å². The van der Waals surface area contributed by atoms with Gasteiger partial charge in [0, 0.05) is 0 Å². The van der Waals surface area contributed by atoms with Crippen molar-refractivity contribution in [1.82, 2.24) is 25.3 Å². The van der Waals surface area contributed by atoms with Gasteiger partial charge in [0.1, 0.15) is 6.54 Å². The molecule has 4 rings (SSSR count). The number of nitrogen functional groups attached to an aromatic ring is 1. The first-order valence-electron chi connectivity index (χ1n) is 8.54. The van der Waals surface area contributed by atoms with Crippen LogP contribution in [0, 0.1) is 6.92 Å². The molecule has 0 bridgehead atoms. The van der Waals surface area contributed by atoms with Crippen LogP contribution in [-0.4, -0.2) is 32.0 Å². The molecule has 1 amide bonds. The van der Waals surface area contributed by atoms with Gasteiger partial charge in [0.25, 0.3) is 5.91 Å². The molecule has 0 saturated carbocycles. The molecule has 9 nitrogen and oxygen atoms in total. The number of hydrogen-bond donors (Lipinski definition) is 2. The Morgan fingerprint density at radius 1 is 1.21 bits per heavy atom. The number of fused-ring (bicyclic) bond motifs is 1. The zero-order valence-electron chi connectivity index (χ0n) is 15.0. The molecule has 9 heteroatoms. The number of para-hydroxylation sites is 2. The van der Waals surface area contributed by atoms with Crippen molar-refractivity contribution >= 4 is 29.0 Å². The van der Waals surface area contributed by atoms with Gasteiger partial charge >= 0.3 is 0 Å². The minimum atomic E-state index is -0.317. The van der Waals surface area contributed by atoms with E-state index in [4.69, 9.17) is 5.73 Å². The van der Waals surface area contributed by atoms with Gasteiger partial charge < -0.3 is 10.3 Å². The van der Waals surface area contributed by atoms with Crippen LogP contribution in [0.1, 0.15) is 11.1 Å². The van der Waals surface area contributed by atoms with Crippen molar-refractivity contribution in [3.05, 3.63) is 59.7 Å². The highest BCUT2D eigenvalue weighted by Gasteiger charge is 2.20. The van der Waals surface area contributed by atoms with Gasteiger partial charge in [-0.2, -0.15) is 5.10 Å². The maximum Gasteiger partial charge on any atom is 0.260 e. The summed E-state index contributed by atoms with van der Waals surface area (Å²) in [6.45, 7) is 1.99. The Balaban J connectivity index is 1.57. The van der Waals surface area contributed by atoms with Crippen molar-refractivity contribution in [3.8, 4) is 11.5 Å². The van der Waals surface area contributed by atoms with Crippen molar-refractivity contribution in [1.29, 1.82) is 0 Å². The number of nitrogens with zero attached hydrogens (tertiary/aromatic N) is 5. The summed E-state index contributed by atoms with van der Waals surface area (Å²) in [7, 11) is 0. The van der Waals surface area contributed by atoms with Gasteiger partial charge in [0.2, 0.25) is 0 Å². The molecule has 140 valence electrons. The molecule has 0 saturated heterocycles. The molecule has 2 heterocycles. The van der Waals surface area contributed by atoms with Crippen LogP contribution < -0.4 is 11.2 Å². The third-order valence-electron chi connectivity index (χ3n) is 4.16. The van der Waals surface area contributed by atoms with E-state index in [9.17, 15) is 4.79 Å². The molecule has 28 heavy (non-hydrogen) atoms. The molecule has 4 aromatic rings. The molecule has 0 aliphatic carbocycles. The molecule has 0 aliphatic heterocycles. The third kappa shape index (κ3) is 3.45. The van der Waals surface area contributed by atoms with Gasteiger partial charge in [-0.15, -0.1) is 0 Å². The van der Waals surface area contributed by atoms with E-state index < -0.39 is 0 Å². The van der Waals surface area contributed by atoms with Crippen LogP contribution in [0.3, 0.4) is 0 Å². The number of carbonyl (C=O) groups is 1. The van der Waals surface area contributed by atoms with Gasteiger partial charge in [-0.25, -0.2) is 15.0 Å². The van der Waals surface area contributed by atoms with E-state index in [1.54, 1.807) is 10.8 Å². The molecule has 2 aromatic carbocycles. The van der Waals surface area contributed by atoms with Crippen molar-refractivity contribution in [2.24, 2.45) is 5.10 Å². The minimum absolute atomic E-state index is 0.0205. The molecular formula is C19H17N7O2. The lowest BCUT2D eigenvalue weighted by Crippen LogP contribution is -2.23. The first kappa shape index (κ1) is 17.4. The Bertz CT molecular complexity index is 1160. The highest BCUT2D eigenvalue weighted by Crippen LogP contribution is 2.26. The Kier molecular flexibility index (Phi) is 4.55. The van der Waals surface area contributed by atoms with Gasteiger partial charge in [0.15, 0.2) is 17.3 Å². The maximum atomic E-state index is 12.4. The topological polar surface area (TPSA) is 124 Å². The summed E-state index contributed by atoms with van der Waals surface area (Å²) in [4.78, 5) is 16.9. The largest absolute Gasteiger partial charge is 0.379 e. The van der Waals surface area contributed by atoms with Crippen LogP contribution in [-0.2, 0) is 11.3 Å². The fraction of sp³-hybridized carbons (Fsp3) is 0.105. The van der Waals surface area contributed by atoms with E-state index in [2.05, 4.69) is 30.5 Å². The number of benzene rings is 2. The Morgan fingerprint density at radius 2 is 2.00 bits per heavy atom. The fourth-order valence-electron chi connectivity index (χ4n) is 2.78. The van der Waals surface area contributed by atoms with Gasteiger partial charge in [0.05, 0.1) is 17.2 Å². The molecular weight excluding hydrogens is 358 g/mol. The summed E-state index contributed by atoms with van der Waals surface area (Å²) in [6.07, 6.45) is 1.59. The summed E-state index contributed by atoms with van der Waals surface area (Å²) in [5.74, 6) is 0.190. The zero-order chi connectivity index (χ0) is 19.5. The second kappa shape index (κ2) is 7.31. The number of amides is 1. The maximum absolute atomic E-state index is 12.4. The van der Waals surface area contributed by atoms with E-state index in [-0.39, 0.29) is 24.0 Å². The number of nitrogens with two attached hydrogens (primary N) is 1. The summed E-state index contributed by atoms with van der Waals surface area (Å²) >= 11 is 0. The van der Waals surface area contributed by atoms with Crippen LogP contribution in [0.25, 0.3) is 22.6 Å². The monoisotopic (exact) mass is 375 g/mol. The van der Waals surface area contributed by atoms with E-state index in [0.29, 0.717) is 11.3 Å². The van der Waals surface area contributed by atoms with Crippen molar-refractivity contribution < 1.29 is 9.42 Å². The average Bonchev–Trinajstić information content (AvgIpc) is 3.27. The first-order chi connectivity index (χ1) is 13.6. The van der Waals surface area contributed by atoms with Crippen molar-refractivity contribution in [3.63, 3.8) is 0 Å². The van der Waals surface area contributed by atoms with Crippen LogP contribution in [0.15, 0.2) is 58.3 Å². The zero-order valence-corrected chi connectivity index (χ0v) is 15.0. The Labute approximate surface area is 159 Å². The molecule has 3 N–H and O–H groups in total. The standard InChI is InChI=1S/C19H17N7O2/c1-12-6-8-13(9-7-12)10-21-23-16(27)11-26-15-5-3-2-4-14(15)22-19(26)17-18(20)25-28-24-17/h2-10H,11H2,1H3,(H2,20,25)(H,23,27)/b21-10-. The quantitative estimate of drug-likeness (QED) is 0.407. The predicted octanol–water partition coefficient (Wildman–Crippen LogP) is 2.13. The van der Waals surface area contributed by atoms with E-state index in [0.717, 1.165) is 16.6 Å². The molecule has 0 spiro atoms. The first-order valence-corrected chi connectivity index (χ1v) is 8.54. The normalized spacial score (nSPS) is 11.3. The number of rotatable bonds is 5. The lowest BCUT2D eigenvalue weighted by Gasteiger charge is -2.06. The minimum Gasteiger partial charge on any atom is -0.379 e. The predicted molar refractivity (Wildman–Crippen MR) is 104 cm³/mol. The van der Waals surface area contributed by atoms with Crippen LogP contribution >= 0.6 is 0 Å².